The molecular formula is C30H41F3N6O. The smallest absolute Gasteiger partial charge is 0.259 e. The number of alkyl halides is 2. The molecule has 7 nitrogen and oxygen atoms in total. The van der Waals surface area contributed by atoms with Crippen LogP contribution < -0.4 is 22.5 Å². The van der Waals surface area contributed by atoms with Gasteiger partial charge < -0.3 is 32.7 Å². The number of carbonyl (C=O) groups excluding carboxylic acids is 1. The minimum atomic E-state index is -2.55. The first kappa shape index (κ1) is 35.8. The Balaban J connectivity index is 0.00000354. The van der Waals surface area contributed by atoms with Gasteiger partial charge in [-0.15, -0.1) is 0 Å². The number of allylic oxidation sites excluding steroid dienone is 7. The summed E-state index contributed by atoms with van der Waals surface area (Å²) >= 11 is 0. The summed E-state index contributed by atoms with van der Waals surface area (Å²) in [5, 5.41) is 10.9. The Kier molecular flexibility index (Phi) is 18.6. The van der Waals surface area contributed by atoms with Crippen LogP contribution in [0.3, 0.4) is 0 Å². The van der Waals surface area contributed by atoms with Crippen LogP contribution in [-0.4, -0.2) is 44.8 Å². The molecule has 1 rings (SSSR count). The van der Waals surface area contributed by atoms with Gasteiger partial charge in [0.1, 0.15) is 12.1 Å². The van der Waals surface area contributed by atoms with Gasteiger partial charge in [-0.1, -0.05) is 50.8 Å². The van der Waals surface area contributed by atoms with E-state index in [0.717, 1.165) is 12.5 Å². The highest BCUT2D eigenvalue weighted by atomic mass is 19.3. The van der Waals surface area contributed by atoms with E-state index in [1.54, 1.807) is 6.08 Å². The summed E-state index contributed by atoms with van der Waals surface area (Å²) in [6, 6.07) is 4.31. The number of nitrogens with one attached hydrogen (secondary N) is 2. The summed E-state index contributed by atoms with van der Waals surface area (Å²) < 4.78 is 40.2. The topological polar surface area (TPSA) is 143 Å². The second-order valence-corrected chi connectivity index (χ2v) is 8.27. The summed E-state index contributed by atoms with van der Waals surface area (Å²) in [5.74, 6) is -0.517. The maximum Gasteiger partial charge on any atom is 0.259 e. The third-order valence-corrected chi connectivity index (χ3v) is 5.18. The molecule has 1 aromatic rings. The van der Waals surface area contributed by atoms with Crippen molar-refractivity contribution in [2.45, 2.75) is 40.0 Å². The maximum absolute atomic E-state index is 14.7. The number of nitrogens with two attached hydrogens (primary N) is 3. The number of carbonyl (C=O) groups is 1. The van der Waals surface area contributed by atoms with Gasteiger partial charge in [0.15, 0.2) is 0 Å². The molecule has 0 atom stereocenters. The van der Waals surface area contributed by atoms with Crippen molar-refractivity contribution in [2.24, 2.45) is 22.2 Å². The zero-order chi connectivity index (χ0) is 30.5. The Bertz CT molecular complexity index is 1160. The van der Waals surface area contributed by atoms with E-state index in [9.17, 15) is 18.0 Å². The molecule has 0 aromatic heterocycles. The minimum absolute atomic E-state index is 0.0806. The molecule has 0 aliphatic heterocycles. The van der Waals surface area contributed by atoms with Gasteiger partial charge >= 0.3 is 0 Å². The highest BCUT2D eigenvalue weighted by Crippen LogP contribution is 2.25. The molecule has 0 saturated carbocycles. The summed E-state index contributed by atoms with van der Waals surface area (Å²) in [6.45, 7) is 10.0. The van der Waals surface area contributed by atoms with Crippen molar-refractivity contribution in [3.8, 4) is 0 Å². The van der Waals surface area contributed by atoms with Crippen LogP contribution in [-0.2, 0) is 4.79 Å². The van der Waals surface area contributed by atoms with Crippen LogP contribution in [0.15, 0.2) is 82.8 Å². The zero-order valence-corrected chi connectivity index (χ0v) is 23.4. The fourth-order valence-electron chi connectivity index (χ4n) is 2.98. The molecule has 40 heavy (non-hydrogen) atoms. The molecule has 0 aliphatic carbocycles. The normalized spacial score (nSPS) is 13.2. The Labute approximate surface area is 235 Å². The maximum atomic E-state index is 14.7. The van der Waals surface area contributed by atoms with Crippen molar-refractivity contribution in [1.82, 2.24) is 5.32 Å². The highest BCUT2D eigenvalue weighted by molar-refractivity contribution is 6.13. The number of nitrogens with zero attached hydrogens (tertiary/aromatic N) is 1. The van der Waals surface area contributed by atoms with Crippen LogP contribution in [0.25, 0.3) is 11.1 Å². The lowest BCUT2D eigenvalue weighted by Gasteiger charge is -2.12. The van der Waals surface area contributed by atoms with Gasteiger partial charge in [-0.3, -0.25) is 4.99 Å². The van der Waals surface area contributed by atoms with E-state index in [1.165, 1.54) is 49.7 Å². The number of hydrogen-bond donors (Lipinski definition) is 5. The molecule has 0 spiro atoms. The van der Waals surface area contributed by atoms with E-state index in [-0.39, 0.29) is 16.8 Å². The molecule has 0 bridgehead atoms. The van der Waals surface area contributed by atoms with Crippen LogP contribution in [0, 0.1) is 11.2 Å². The van der Waals surface area contributed by atoms with Crippen LogP contribution >= 0.6 is 0 Å². The van der Waals surface area contributed by atoms with Crippen molar-refractivity contribution >= 4 is 29.9 Å². The van der Waals surface area contributed by atoms with E-state index in [0.29, 0.717) is 60.5 Å². The molecule has 10 heteroatoms. The summed E-state index contributed by atoms with van der Waals surface area (Å²) in [5.41, 5.74) is 20.4. The standard InChI is InChI=1S/C27H35F3N6.C3H6O/c1-4-6-20(8-5-7-18(2)27(29)30)26(34)24(16-33)21-9-10-25(28)23(13-21)22(15-32)17-35-11-12-36-19(3)14-31;1-2-3-4/h5-10,13,15-17,27,33,36H,3-4,11-12,14,31-32,34H2,1-2H3;3H,2H2,1H3/b8-5-,18-7+,20-6-,22-15+,26-24+,33-16?,35-17?;. The average molecular weight is 559 g/mol. The van der Waals surface area contributed by atoms with Gasteiger partial charge in [0.05, 0.1) is 6.54 Å². The first-order chi connectivity index (χ1) is 19.1. The lowest BCUT2D eigenvalue weighted by atomic mass is 9.96. The fourth-order valence-corrected chi connectivity index (χ4v) is 2.98. The molecule has 0 fully saturated rings. The Hall–Kier alpha value is -4.18. The number of rotatable bonds is 15. The Morgan fingerprint density at radius 2 is 1.93 bits per heavy atom. The summed E-state index contributed by atoms with van der Waals surface area (Å²) in [6.07, 6.45) is 9.58. The van der Waals surface area contributed by atoms with Gasteiger partial charge in [0.2, 0.25) is 0 Å². The second-order valence-electron chi connectivity index (χ2n) is 8.27. The van der Waals surface area contributed by atoms with Crippen LogP contribution in [0.1, 0.15) is 44.7 Å². The number of aliphatic imine (C=N–C) groups is 1. The van der Waals surface area contributed by atoms with Gasteiger partial charge in [-0.05, 0) is 42.2 Å². The number of halogens is 3. The fraction of sp³-hybridized carbons (Fsp3) is 0.300. The van der Waals surface area contributed by atoms with Crippen molar-refractivity contribution in [1.29, 1.82) is 5.41 Å². The third-order valence-electron chi connectivity index (χ3n) is 5.18. The van der Waals surface area contributed by atoms with Gasteiger partial charge in [-0.2, -0.15) is 0 Å². The Morgan fingerprint density at radius 1 is 1.25 bits per heavy atom. The Morgan fingerprint density at radius 3 is 2.45 bits per heavy atom. The highest BCUT2D eigenvalue weighted by Gasteiger charge is 2.13. The number of hydrogen-bond acceptors (Lipinski definition) is 7. The van der Waals surface area contributed by atoms with E-state index < -0.39 is 12.2 Å². The predicted octanol–water partition coefficient (Wildman–Crippen LogP) is 5.28. The second kappa shape index (κ2) is 20.7. The average Bonchev–Trinajstić information content (AvgIpc) is 2.95. The van der Waals surface area contributed by atoms with E-state index in [1.807, 2.05) is 19.9 Å². The van der Waals surface area contributed by atoms with Crippen LogP contribution in [0.4, 0.5) is 13.2 Å². The molecule has 1 aromatic carbocycles. The molecule has 0 amide bonds. The molecular weight excluding hydrogens is 517 g/mol. The number of benzene rings is 1. The van der Waals surface area contributed by atoms with E-state index in [2.05, 4.69) is 16.9 Å². The van der Waals surface area contributed by atoms with Crippen LogP contribution in [0.2, 0.25) is 0 Å². The van der Waals surface area contributed by atoms with Crippen molar-refractivity contribution < 1.29 is 18.0 Å². The van der Waals surface area contributed by atoms with Crippen LogP contribution in [0.5, 0.6) is 0 Å². The van der Waals surface area contributed by atoms with Gasteiger partial charge in [-0.25, -0.2) is 13.2 Å². The van der Waals surface area contributed by atoms with Crippen molar-refractivity contribution in [3.05, 3.63) is 94.8 Å². The number of aldehydes is 1. The largest absolute Gasteiger partial charge is 0.404 e. The van der Waals surface area contributed by atoms with Gasteiger partial charge in [0.25, 0.3) is 6.43 Å². The van der Waals surface area contributed by atoms with Crippen molar-refractivity contribution in [2.75, 3.05) is 19.6 Å². The minimum Gasteiger partial charge on any atom is -0.404 e. The first-order valence-corrected chi connectivity index (χ1v) is 12.7. The molecule has 0 radical (unpaired) electrons. The molecule has 0 heterocycles. The molecule has 8 N–H and O–H groups in total. The zero-order valence-electron chi connectivity index (χ0n) is 23.4. The molecule has 0 unspecified atom stereocenters. The lowest BCUT2D eigenvalue weighted by Crippen LogP contribution is -2.21. The quantitative estimate of drug-likeness (QED) is 0.0862. The third kappa shape index (κ3) is 13.1. The van der Waals surface area contributed by atoms with E-state index in [4.69, 9.17) is 22.6 Å². The predicted molar refractivity (Wildman–Crippen MR) is 162 cm³/mol. The van der Waals surface area contributed by atoms with E-state index >= 15 is 0 Å². The molecule has 0 aliphatic rings. The summed E-state index contributed by atoms with van der Waals surface area (Å²) in [4.78, 5) is 13.4. The SMILES string of the molecule is C=C(CN)NCCN=C/C(=C\N)c1cc(\C(C=N)=C(N)/C(/C=C\C=C(/C)C(F)F)=C\CC)ccc1F.CCC=O. The summed E-state index contributed by atoms with van der Waals surface area (Å²) in [7, 11) is 0. The lowest BCUT2D eigenvalue weighted by molar-refractivity contribution is -0.107. The first-order valence-electron chi connectivity index (χ1n) is 12.7. The molecule has 218 valence electrons. The monoisotopic (exact) mass is 558 g/mol. The van der Waals surface area contributed by atoms with Gasteiger partial charge in [0, 0.05) is 66.2 Å². The molecule has 0 saturated heterocycles. The van der Waals surface area contributed by atoms with Crippen molar-refractivity contribution in [3.63, 3.8) is 0 Å².